The van der Waals surface area contributed by atoms with Crippen molar-refractivity contribution < 1.29 is 13.6 Å². The van der Waals surface area contributed by atoms with Gasteiger partial charge in [0.1, 0.15) is 5.65 Å². The molecule has 0 unspecified atom stereocenters. The lowest BCUT2D eigenvalue weighted by Crippen LogP contribution is -2.20. The number of halogens is 2. The summed E-state index contributed by atoms with van der Waals surface area (Å²) in [6.45, 7) is 1.98. The fraction of sp³-hybridized carbons (Fsp3) is 0.0476. The molecule has 0 fully saturated rings. The van der Waals surface area contributed by atoms with Crippen LogP contribution in [0.15, 0.2) is 67.0 Å². The van der Waals surface area contributed by atoms with Gasteiger partial charge in [-0.1, -0.05) is 24.3 Å². The molecule has 2 N–H and O–H groups in total. The van der Waals surface area contributed by atoms with Crippen LogP contribution in [0.1, 0.15) is 5.56 Å². The Morgan fingerprint density at radius 2 is 1.82 bits per heavy atom. The van der Waals surface area contributed by atoms with Crippen LogP contribution in [-0.2, 0) is 0 Å². The molecule has 7 heteroatoms. The van der Waals surface area contributed by atoms with E-state index in [1.807, 2.05) is 48.0 Å². The Morgan fingerprint density at radius 1 is 1.00 bits per heavy atom. The normalized spacial score (nSPS) is 10.8. The molecule has 2 amide bonds. The molecule has 0 aliphatic rings. The monoisotopic (exact) mass is 378 g/mol. The SMILES string of the molecule is Cc1cccn2cc(-c3ccccc3NC(=O)Nc3ccc(F)c(F)c3)nc12. The zero-order valence-electron chi connectivity index (χ0n) is 14.9. The largest absolute Gasteiger partial charge is 0.323 e. The number of nitrogens with one attached hydrogen (secondary N) is 2. The Hall–Kier alpha value is -3.74. The average Bonchev–Trinajstić information content (AvgIpc) is 3.11. The van der Waals surface area contributed by atoms with Gasteiger partial charge in [-0.2, -0.15) is 0 Å². The molecular formula is C21H16F2N4O. The number of urea groups is 1. The van der Waals surface area contributed by atoms with Gasteiger partial charge >= 0.3 is 6.03 Å². The number of fused-ring (bicyclic) bond motifs is 1. The molecule has 4 aromatic rings. The summed E-state index contributed by atoms with van der Waals surface area (Å²) in [5.74, 6) is -2.00. The quantitative estimate of drug-likeness (QED) is 0.513. The summed E-state index contributed by atoms with van der Waals surface area (Å²) in [5, 5.41) is 5.23. The average molecular weight is 378 g/mol. The van der Waals surface area contributed by atoms with Gasteiger partial charge in [0.2, 0.25) is 0 Å². The van der Waals surface area contributed by atoms with E-state index in [0.717, 1.165) is 28.9 Å². The number of pyridine rings is 1. The third-order valence-corrected chi connectivity index (χ3v) is 4.31. The number of aryl methyl sites for hydroxylation is 1. The molecule has 0 aliphatic heterocycles. The number of para-hydroxylation sites is 1. The van der Waals surface area contributed by atoms with E-state index in [0.29, 0.717) is 11.4 Å². The zero-order valence-corrected chi connectivity index (χ0v) is 14.9. The highest BCUT2D eigenvalue weighted by Crippen LogP contribution is 2.28. The summed E-state index contributed by atoms with van der Waals surface area (Å²) in [4.78, 5) is 17.0. The maximum Gasteiger partial charge on any atom is 0.323 e. The van der Waals surface area contributed by atoms with Crippen LogP contribution in [0.3, 0.4) is 0 Å². The summed E-state index contributed by atoms with van der Waals surface area (Å²) in [5.41, 5.74) is 4.01. The lowest BCUT2D eigenvalue weighted by atomic mass is 10.1. The highest BCUT2D eigenvalue weighted by Gasteiger charge is 2.13. The van der Waals surface area contributed by atoms with Gasteiger partial charge < -0.3 is 15.0 Å². The van der Waals surface area contributed by atoms with Crippen LogP contribution < -0.4 is 10.6 Å². The number of carbonyl (C=O) groups is 1. The molecule has 0 saturated heterocycles. The maximum atomic E-state index is 13.3. The van der Waals surface area contributed by atoms with Gasteiger partial charge in [-0.25, -0.2) is 18.6 Å². The van der Waals surface area contributed by atoms with Gasteiger partial charge in [0.05, 0.1) is 11.4 Å². The molecule has 0 bridgehead atoms. The zero-order chi connectivity index (χ0) is 19.7. The van der Waals surface area contributed by atoms with Crippen molar-refractivity contribution in [3.63, 3.8) is 0 Å². The van der Waals surface area contributed by atoms with Crippen LogP contribution in [-0.4, -0.2) is 15.4 Å². The highest BCUT2D eigenvalue weighted by atomic mass is 19.2. The molecule has 4 rings (SSSR count). The fourth-order valence-corrected chi connectivity index (χ4v) is 2.96. The number of nitrogens with zero attached hydrogens (tertiary/aromatic N) is 2. The van der Waals surface area contributed by atoms with Crippen molar-refractivity contribution in [2.75, 3.05) is 10.6 Å². The number of carbonyl (C=O) groups excluding carboxylic acids is 1. The third kappa shape index (κ3) is 3.42. The number of anilines is 2. The Balaban J connectivity index is 1.61. The van der Waals surface area contributed by atoms with E-state index in [9.17, 15) is 13.6 Å². The Morgan fingerprint density at radius 3 is 2.61 bits per heavy atom. The fourth-order valence-electron chi connectivity index (χ4n) is 2.96. The van der Waals surface area contributed by atoms with Crippen LogP contribution >= 0.6 is 0 Å². The van der Waals surface area contributed by atoms with Crippen molar-refractivity contribution in [3.05, 3.63) is 84.2 Å². The standard InChI is InChI=1S/C21H16F2N4O/c1-13-5-4-10-27-12-19(25-20(13)27)15-6-2-3-7-18(15)26-21(28)24-14-8-9-16(22)17(23)11-14/h2-12H,1H3,(H2,24,26,28). The minimum Gasteiger partial charge on any atom is -0.308 e. The summed E-state index contributed by atoms with van der Waals surface area (Å²) in [6.07, 6.45) is 3.79. The Kier molecular flexibility index (Phi) is 4.49. The topological polar surface area (TPSA) is 58.4 Å². The van der Waals surface area contributed by atoms with E-state index >= 15 is 0 Å². The molecule has 140 valence electrons. The second kappa shape index (κ2) is 7.11. The van der Waals surface area contributed by atoms with E-state index in [4.69, 9.17) is 0 Å². The molecule has 0 atom stereocenters. The van der Waals surface area contributed by atoms with Crippen LogP contribution in [0, 0.1) is 18.6 Å². The molecule has 2 heterocycles. The first-order chi connectivity index (χ1) is 13.5. The molecule has 0 spiro atoms. The summed E-state index contributed by atoms with van der Waals surface area (Å²) >= 11 is 0. The number of hydrogen-bond donors (Lipinski definition) is 2. The van der Waals surface area contributed by atoms with Gasteiger partial charge in [0.15, 0.2) is 11.6 Å². The molecule has 5 nitrogen and oxygen atoms in total. The number of imidazole rings is 1. The molecule has 2 aromatic heterocycles. The lowest BCUT2D eigenvalue weighted by Gasteiger charge is -2.11. The summed E-state index contributed by atoms with van der Waals surface area (Å²) in [6, 6.07) is 13.7. The molecule has 2 aromatic carbocycles. The van der Waals surface area contributed by atoms with E-state index in [-0.39, 0.29) is 5.69 Å². The van der Waals surface area contributed by atoms with E-state index in [1.165, 1.54) is 6.07 Å². The van der Waals surface area contributed by atoms with Gasteiger partial charge in [0.25, 0.3) is 0 Å². The predicted molar refractivity (Wildman–Crippen MR) is 104 cm³/mol. The van der Waals surface area contributed by atoms with Crippen LogP contribution in [0.2, 0.25) is 0 Å². The number of hydrogen-bond acceptors (Lipinski definition) is 2. The predicted octanol–water partition coefficient (Wildman–Crippen LogP) is 5.23. The Labute approximate surface area is 159 Å². The highest BCUT2D eigenvalue weighted by molar-refractivity contribution is 6.02. The second-order valence-electron chi connectivity index (χ2n) is 6.30. The number of benzene rings is 2. The van der Waals surface area contributed by atoms with Crippen LogP contribution in [0.5, 0.6) is 0 Å². The molecule has 28 heavy (non-hydrogen) atoms. The van der Waals surface area contributed by atoms with Crippen molar-refractivity contribution in [2.24, 2.45) is 0 Å². The van der Waals surface area contributed by atoms with Gasteiger partial charge in [-0.05, 0) is 36.8 Å². The molecule has 0 aliphatic carbocycles. The van der Waals surface area contributed by atoms with Crippen molar-refractivity contribution in [1.29, 1.82) is 0 Å². The van der Waals surface area contributed by atoms with Crippen LogP contribution in [0.4, 0.5) is 25.0 Å². The minimum absolute atomic E-state index is 0.150. The smallest absolute Gasteiger partial charge is 0.308 e. The van der Waals surface area contributed by atoms with Gasteiger partial charge in [-0.3, -0.25) is 0 Å². The van der Waals surface area contributed by atoms with E-state index in [1.54, 1.807) is 12.1 Å². The molecule has 0 radical (unpaired) electrons. The number of aromatic nitrogens is 2. The summed E-state index contributed by atoms with van der Waals surface area (Å²) in [7, 11) is 0. The summed E-state index contributed by atoms with van der Waals surface area (Å²) < 4.78 is 28.3. The lowest BCUT2D eigenvalue weighted by molar-refractivity contribution is 0.262. The molecule has 0 saturated carbocycles. The van der Waals surface area contributed by atoms with Crippen molar-refractivity contribution in [3.8, 4) is 11.3 Å². The van der Waals surface area contributed by atoms with Crippen molar-refractivity contribution in [2.45, 2.75) is 6.92 Å². The second-order valence-corrected chi connectivity index (χ2v) is 6.30. The first kappa shape index (κ1) is 17.7. The minimum atomic E-state index is -1.03. The van der Waals surface area contributed by atoms with Crippen molar-refractivity contribution >= 4 is 23.1 Å². The van der Waals surface area contributed by atoms with E-state index in [2.05, 4.69) is 15.6 Å². The van der Waals surface area contributed by atoms with Crippen LogP contribution in [0.25, 0.3) is 16.9 Å². The van der Waals surface area contributed by atoms with Gasteiger partial charge in [0, 0.05) is 29.7 Å². The maximum absolute atomic E-state index is 13.3. The first-order valence-electron chi connectivity index (χ1n) is 8.58. The number of amides is 2. The Bertz CT molecular complexity index is 1190. The number of rotatable bonds is 3. The third-order valence-electron chi connectivity index (χ3n) is 4.31. The van der Waals surface area contributed by atoms with Crippen molar-refractivity contribution in [1.82, 2.24) is 9.38 Å². The molecular weight excluding hydrogens is 362 g/mol. The van der Waals surface area contributed by atoms with Gasteiger partial charge in [-0.15, -0.1) is 0 Å². The first-order valence-corrected chi connectivity index (χ1v) is 8.58. The van der Waals surface area contributed by atoms with E-state index < -0.39 is 17.7 Å².